The van der Waals surface area contributed by atoms with E-state index in [-0.39, 0.29) is 23.6 Å². The second-order valence-corrected chi connectivity index (χ2v) is 6.24. The van der Waals surface area contributed by atoms with Gasteiger partial charge in [0.1, 0.15) is 12.4 Å². The third kappa shape index (κ3) is 3.53. The quantitative estimate of drug-likeness (QED) is 0.477. The average molecular weight is 385 g/mol. The minimum atomic E-state index is -3.11. The summed E-state index contributed by atoms with van der Waals surface area (Å²) in [5.41, 5.74) is 0.741. The van der Waals surface area contributed by atoms with Crippen molar-refractivity contribution in [1.29, 1.82) is 0 Å². The molecule has 0 spiro atoms. The van der Waals surface area contributed by atoms with E-state index in [4.69, 9.17) is 9.26 Å². The van der Waals surface area contributed by atoms with Crippen LogP contribution in [0.3, 0.4) is 0 Å². The molecule has 0 radical (unpaired) electrons. The Kier molecular flexibility index (Phi) is 4.46. The number of rotatable bonds is 5. The third-order valence-electron chi connectivity index (χ3n) is 4.18. The molecule has 4 rings (SSSR count). The van der Waals surface area contributed by atoms with Crippen molar-refractivity contribution in [2.45, 2.75) is 19.5 Å². The summed E-state index contributed by atoms with van der Waals surface area (Å²) < 4.78 is 52.1. The fourth-order valence-electron chi connectivity index (χ4n) is 2.75. The highest BCUT2D eigenvalue weighted by Gasteiger charge is 2.25. The van der Waals surface area contributed by atoms with Crippen LogP contribution in [0.25, 0.3) is 22.1 Å². The summed E-state index contributed by atoms with van der Waals surface area (Å²) in [6.07, 6.45) is 3.19. The molecular weight excluding hydrogens is 371 g/mol. The van der Waals surface area contributed by atoms with E-state index in [0.717, 1.165) is 13.0 Å². The summed E-state index contributed by atoms with van der Waals surface area (Å²) in [4.78, 5) is 8.12. The Morgan fingerprint density at radius 3 is 2.57 bits per heavy atom. The normalized spacial score (nSPS) is 11.7. The molecule has 8 heteroatoms. The van der Waals surface area contributed by atoms with Crippen molar-refractivity contribution >= 4 is 11.0 Å². The highest BCUT2D eigenvalue weighted by molar-refractivity contribution is 5.87. The van der Waals surface area contributed by atoms with Crippen LogP contribution in [0.15, 0.2) is 59.4 Å². The number of benzene rings is 2. The maximum absolute atomic E-state index is 14.4. The van der Waals surface area contributed by atoms with Gasteiger partial charge in [0.25, 0.3) is 11.8 Å². The van der Waals surface area contributed by atoms with Gasteiger partial charge in [0.15, 0.2) is 11.4 Å². The maximum atomic E-state index is 14.4. The van der Waals surface area contributed by atoms with Crippen LogP contribution in [0.5, 0.6) is 5.88 Å². The zero-order valence-corrected chi connectivity index (χ0v) is 14.7. The van der Waals surface area contributed by atoms with Crippen LogP contribution in [0.1, 0.15) is 18.3 Å². The highest BCUT2D eigenvalue weighted by atomic mass is 19.3. The number of halogens is 3. The highest BCUT2D eigenvalue weighted by Crippen LogP contribution is 2.34. The first-order chi connectivity index (χ1) is 13.4. The van der Waals surface area contributed by atoms with E-state index in [1.165, 1.54) is 12.1 Å². The van der Waals surface area contributed by atoms with Crippen LogP contribution in [-0.2, 0) is 12.5 Å². The molecule has 0 amide bonds. The number of fused-ring (bicyclic) bond motifs is 1. The van der Waals surface area contributed by atoms with Crippen LogP contribution in [0.4, 0.5) is 13.2 Å². The predicted octanol–water partition coefficient (Wildman–Crippen LogP) is 5.11. The minimum absolute atomic E-state index is 0.0847. The molecular formula is C20H14F3N3O2. The van der Waals surface area contributed by atoms with Gasteiger partial charge in [-0.15, -0.1) is 0 Å². The van der Waals surface area contributed by atoms with Crippen LogP contribution in [0, 0.1) is 5.82 Å². The smallest absolute Gasteiger partial charge is 0.270 e. The lowest BCUT2D eigenvalue weighted by molar-refractivity contribution is 0.0172. The summed E-state index contributed by atoms with van der Waals surface area (Å²) in [6, 6.07) is 9.95. The van der Waals surface area contributed by atoms with Gasteiger partial charge >= 0.3 is 0 Å². The molecule has 0 bridgehead atoms. The van der Waals surface area contributed by atoms with E-state index in [1.54, 1.807) is 36.7 Å². The first-order valence-electron chi connectivity index (χ1n) is 8.38. The molecule has 0 saturated heterocycles. The Hall–Kier alpha value is -3.42. The van der Waals surface area contributed by atoms with Gasteiger partial charge in [0.2, 0.25) is 0 Å². The lowest BCUT2D eigenvalue weighted by Gasteiger charge is -2.12. The first kappa shape index (κ1) is 18.0. The molecule has 0 unspecified atom stereocenters. The molecule has 0 fully saturated rings. The number of ether oxygens (including phenoxy) is 1. The van der Waals surface area contributed by atoms with Gasteiger partial charge in [-0.3, -0.25) is 0 Å². The molecule has 2 aromatic carbocycles. The molecule has 5 nitrogen and oxygen atoms in total. The number of aromatic nitrogens is 3. The predicted molar refractivity (Wildman–Crippen MR) is 95.3 cm³/mol. The Balaban J connectivity index is 1.66. The second-order valence-electron chi connectivity index (χ2n) is 6.24. The topological polar surface area (TPSA) is 61.0 Å². The van der Waals surface area contributed by atoms with Crippen molar-refractivity contribution in [3.05, 3.63) is 72.1 Å². The Morgan fingerprint density at radius 2 is 1.86 bits per heavy atom. The largest absolute Gasteiger partial charge is 0.467 e. The molecule has 4 aromatic rings. The molecule has 142 valence electrons. The van der Waals surface area contributed by atoms with E-state index in [9.17, 15) is 13.2 Å². The molecule has 2 heterocycles. The van der Waals surface area contributed by atoms with Crippen molar-refractivity contribution in [2.24, 2.45) is 0 Å². The Labute approximate surface area is 157 Å². The SMILES string of the molecule is CC(F)(F)c1ccc(-c2ccc3onc(OCc4ncccn4)c3c2)c(F)c1. The number of hydrogen-bond donors (Lipinski definition) is 0. The van der Waals surface area contributed by atoms with Gasteiger partial charge < -0.3 is 9.26 Å². The van der Waals surface area contributed by atoms with E-state index in [1.807, 2.05) is 0 Å². The van der Waals surface area contributed by atoms with Crippen molar-refractivity contribution in [3.8, 4) is 17.0 Å². The van der Waals surface area contributed by atoms with Gasteiger partial charge in [0, 0.05) is 30.4 Å². The van der Waals surface area contributed by atoms with Crippen molar-refractivity contribution in [2.75, 3.05) is 0 Å². The lowest BCUT2D eigenvalue weighted by atomic mass is 10.00. The molecule has 0 atom stereocenters. The fraction of sp³-hybridized carbons (Fsp3) is 0.150. The van der Waals surface area contributed by atoms with Crippen molar-refractivity contribution in [3.63, 3.8) is 0 Å². The molecule has 0 saturated carbocycles. The zero-order valence-electron chi connectivity index (χ0n) is 14.7. The van der Waals surface area contributed by atoms with Crippen LogP contribution in [-0.4, -0.2) is 15.1 Å². The number of alkyl halides is 2. The van der Waals surface area contributed by atoms with Crippen molar-refractivity contribution in [1.82, 2.24) is 15.1 Å². The summed E-state index contributed by atoms with van der Waals surface area (Å²) in [6.45, 7) is 0.812. The Bertz CT molecular complexity index is 1120. The second kappa shape index (κ2) is 6.95. The van der Waals surface area contributed by atoms with Crippen molar-refractivity contribution < 1.29 is 22.4 Å². The van der Waals surface area contributed by atoms with Gasteiger partial charge in [-0.1, -0.05) is 18.2 Å². The fourth-order valence-corrected chi connectivity index (χ4v) is 2.75. The van der Waals surface area contributed by atoms with Crippen LogP contribution < -0.4 is 4.74 Å². The molecule has 0 aliphatic heterocycles. The molecule has 0 aliphatic carbocycles. The number of hydrogen-bond acceptors (Lipinski definition) is 5. The van der Waals surface area contributed by atoms with Crippen LogP contribution >= 0.6 is 0 Å². The maximum Gasteiger partial charge on any atom is 0.270 e. The minimum Gasteiger partial charge on any atom is -0.467 e. The molecule has 28 heavy (non-hydrogen) atoms. The zero-order chi connectivity index (χ0) is 19.7. The molecule has 0 N–H and O–H groups in total. The average Bonchev–Trinajstić information content (AvgIpc) is 3.08. The van der Waals surface area contributed by atoms with E-state index < -0.39 is 11.7 Å². The monoisotopic (exact) mass is 385 g/mol. The number of nitrogens with zero attached hydrogens (tertiary/aromatic N) is 3. The molecule has 2 aromatic heterocycles. The summed E-state index contributed by atoms with van der Waals surface area (Å²) >= 11 is 0. The Morgan fingerprint density at radius 1 is 1.07 bits per heavy atom. The molecule has 0 aliphatic rings. The lowest BCUT2D eigenvalue weighted by Crippen LogP contribution is -2.07. The first-order valence-corrected chi connectivity index (χ1v) is 8.38. The van der Waals surface area contributed by atoms with E-state index in [2.05, 4.69) is 15.1 Å². The van der Waals surface area contributed by atoms with Crippen LogP contribution in [0.2, 0.25) is 0 Å². The van der Waals surface area contributed by atoms with Gasteiger partial charge in [0.05, 0.1) is 5.39 Å². The van der Waals surface area contributed by atoms with Gasteiger partial charge in [-0.05, 0) is 35.0 Å². The van der Waals surface area contributed by atoms with Gasteiger partial charge in [-0.25, -0.2) is 23.1 Å². The summed E-state index contributed by atoms with van der Waals surface area (Å²) in [5.74, 6) is -3.17. The van der Waals surface area contributed by atoms with E-state index in [0.29, 0.717) is 22.4 Å². The van der Waals surface area contributed by atoms with E-state index >= 15 is 0 Å². The summed E-state index contributed by atoms with van der Waals surface area (Å²) in [5, 5.41) is 4.39. The summed E-state index contributed by atoms with van der Waals surface area (Å²) in [7, 11) is 0. The standard InChI is InChI=1S/C20H14F3N3O2/c1-20(22,23)13-4-5-14(16(21)10-13)12-3-6-17-15(9-12)19(26-28-17)27-11-18-24-7-2-8-25-18/h2-10H,11H2,1H3. The van der Waals surface area contributed by atoms with Gasteiger partial charge in [-0.2, -0.15) is 0 Å². The third-order valence-corrected chi connectivity index (χ3v) is 4.18.